The fraction of sp³-hybridized carbons (Fsp3) is 0.545. The molecule has 0 atom stereocenters. The number of anilines is 2. The van der Waals surface area contributed by atoms with Gasteiger partial charge in [0, 0.05) is 12.0 Å². The van der Waals surface area contributed by atoms with Gasteiger partial charge >= 0.3 is 5.97 Å². The molecule has 1 aromatic rings. The second kappa shape index (κ2) is 6.75. The molecule has 0 fully saturated rings. The van der Waals surface area contributed by atoms with Crippen LogP contribution in [0, 0.1) is 6.92 Å². The third kappa shape index (κ3) is 3.56. The van der Waals surface area contributed by atoms with Gasteiger partial charge in [0.05, 0.1) is 6.61 Å². The van der Waals surface area contributed by atoms with Crippen LogP contribution in [0.25, 0.3) is 0 Å². The Labute approximate surface area is 106 Å². The van der Waals surface area contributed by atoms with Gasteiger partial charge in [-0.2, -0.15) is 0 Å². The normalized spacial score (nSPS) is 10.0. The summed E-state index contributed by atoms with van der Waals surface area (Å²) in [7, 11) is 0. The molecule has 18 heavy (non-hydrogen) atoms. The number of aryl methyl sites for hydroxylation is 1. The lowest BCUT2D eigenvalue weighted by molar-refractivity contribution is -0.140. The number of nitrogens with two attached hydrogens (primary N) is 1. The fourth-order valence-corrected chi connectivity index (χ4v) is 1.40. The van der Waals surface area contributed by atoms with Gasteiger partial charge in [0.1, 0.15) is 24.0 Å². The number of nitrogens with one attached hydrogen (secondary N) is 2. The first-order valence-electron chi connectivity index (χ1n) is 5.85. The zero-order valence-electron chi connectivity index (χ0n) is 10.9. The fourth-order valence-electron chi connectivity index (χ4n) is 1.40. The summed E-state index contributed by atoms with van der Waals surface area (Å²) in [5, 5.41) is 2.93. The van der Waals surface area contributed by atoms with Gasteiger partial charge in [-0.05, 0) is 13.8 Å². The molecule has 100 valence electrons. The Kier molecular flexibility index (Phi) is 5.31. The molecule has 7 nitrogen and oxygen atoms in total. The van der Waals surface area contributed by atoms with E-state index < -0.39 is 0 Å². The molecule has 0 aliphatic rings. The molecule has 0 amide bonds. The molecule has 0 saturated carbocycles. The Morgan fingerprint density at radius 2 is 2.00 bits per heavy atom. The first kappa shape index (κ1) is 14.2. The van der Waals surface area contributed by atoms with Crippen LogP contribution in [0.2, 0.25) is 0 Å². The lowest BCUT2D eigenvalue weighted by Gasteiger charge is -2.12. The van der Waals surface area contributed by atoms with Crippen LogP contribution in [0.15, 0.2) is 0 Å². The third-order valence-electron chi connectivity index (χ3n) is 2.35. The number of aromatic nitrogens is 2. The van der Waals surface area contributed by atoms with E-state index in [1.165, 1.54) is 0 Å². The summed E-state index contributed by atoms with van der Waals surface area (Å²) in [4.78, 5) is 19.8. The van der Waals surface area contributed by atoms with E-state index in [0.29, 0.717) is 30.5 Å². The maximum absolute atomic E-state index is 11.3. The van der Waals surface area contributed by atoms with Crippen LogP contribution in [0.1, 0.15) is 25.2 Å². The van der Waals surface area contributed by atoms with Crippen molar-refractivity contribution in [2.24, 2.45) is 5.84 Å². The summed E-state index contributed by atoms with van der Waals surface area (Å²) in [6.45, 7) is 5.96. The molecule has 0 bridgehead atoms. The first-order chi connectivity index (χ1) is 8.62. The van der Waals surface area contributed by atoms with Crippen LogP contribution >= 0.6 is 0 Å². The molecule has 0 aliphatic carbocycles. The van der Waals surface area contributed by atoms with E-state index >= 15 is 0 Å². The standard InChI is InChI=1S/C11H19N5O2/c1-4-8-14-10(7(3)11(15-8)16-12)13-6-9(17)18-5-2/h4-6,12H2,1-3H3,(H2,13,14,15,16). The second-order valence-electron chi connectivity index (χ2n) is 3.62. The summed E-state index contributed by atoms with van der Waals surface area (Å²) >= 11 is 0. The zero-order chi connectivity index (χ0) is 13.5. The minimum absolute atomic E-state index is 0.0683. The third-order valence-corrected chi connectivity index (χ3v) is 2.35. The molecule has 0 spiro atoms. The Bertz CT molecular complexity index is 422. The Hall–Kier alpha value is -1.89. The number of nitrogens with zero attached hydrogens (tertiary/aromatic N) is 2. The van der Waals surface area contributed by atoms with Crippen LogP contribution in [-0.2, 0) is 16.0 Å². The van der Waals surface area contributed by atoms with Crippen molar-refractivity contribution in [3.8, 4) is 0 Å². The highest BCUT2D eigenvalue weighted by Crippen LogP contribution is 2.19. The predicted octanol–water partition coefficient (Wildman–Crippen LogP) is 0.608. The largest absolute Gasteiger partial charge is 0.465 e. The Morgan fingerprint density at radius 1 is 1.33 bits per heavy atom. The quantitative estimate of drug-likeness (QED) is 0.388. The highest BCUT2D eigenvalue weighted by Gasteiger charge is 2.10. The van der Waals surface area contributed by atoms with E-state index in [0.717, 1.165) is 5.56 Å². The smallest absolute Gasteiger partial charge is 0.325 e. The molecule has 0 radical (unpaired) electrons. The van der Waals surface area contributed by atoms with E-state index in [2.05, 4.69) is 20.7 Å². The number of carbonyl (C=O) groups is 1. The molecule has 4 N–H and O–H groups in total. The molecule has 0 aromatic carbocycles. The van der Waals surface area contributed by atoms with Gasteiger partial charge in [0.2, 0.25) is 0 Å². The monoisotopic (exact) mass is 253 g/mol. The minimum atomic E-state index is -0.323. The van der Waals surface area contributed by atoms with Crippen molar-refractivity contribution in [3.63, 3.8) is 0 Å². The van der Waals surface area contributed by atoms with E-state index in [-0.39, 0.29) is 12.5 Å². The summed E-state index contributed by atoms with van der Waals surface area (Å²) in [6, 6.07) is 0. The maximum atomic E-state index is 11.3. The highest BCUT2D eigenvalue weighted by atomic mass is 16.5. The topological polar surface area (TPSA) is 102 Å². The molecule has 1 rings (SSSR count). The average Bonchev–Trinajstić information content (AvgIpc) is 2.38. The summed E-state index contributed by atoms with van der Waals surface area (Å²) in [6.07, 6.45) is 0.684. The molecule has 0 unspecified atom stereocenters. The van der Waals surface area contributed by atoms with Gasteiger partial charge in [-0.3, -0.25) is 4.79 Å². The molecular formula is C11H19N5O2. The maximum Gasteiger partial charge on any atom is 0.325 e. The van der Waals surface area contributed by atoms with Crippen molar-refractivity contribution in [2.45, 2.75) is 27.2 Å². The second-order valence-corrected chi connectivity index (χ2v) is 3.62. The number of esters is 1. The number of hydrogen-bond donors (Lipinski definition) is 3. The minimum Gasteiger partial charge on any atom is -0.465 e. The van der Waals surface area contributed by atoms with Gasteiger partial charge in [-0.1, -0.05) is 6.92 Å². The molecule has 0 saturated heterocycles. The number of nitrogen functional groups attached to an aromatic ring is 1. The van der Waals surface area contributed by atoms with Crippen LogP contribution < -0.4 is 16.6 Å². The molecule has 1 heterocycles. The Morgan fingerprint density at radius 3 is 2.56 bits per heavy atom. The number of hydrogen-bond acceptors (Lipinski definition) is 7. The lowest BCUT2D eigenvalue weighted by atomic mass is 10.3. The van der Waals surface area contributed by atoms with Crippen molar-refractivity contribution in [1.82, 2.24) is 9.97 Å². The van der Waals surface area contributed by atoms with E-state index in [1.54, 1.807) is 6.92 Å². The van der Waals surface area contributed by atoms with Crippen molar-refractivity contribution in [2.75, 3.05) is 23.9 Å². The predicted molar refractivity (Wildman–Crippen MR) is 69.1 cm³/mol. The van der Waals surface area contributed by atoms with Crippen LogP contribution in [0.4, 0.5) is 11.6 Å². The summed E-state index contributed by atoms with van der Waals surface area (Å²) in [5.74, 6) is 6.85. The zero-order valence-corrected chi connectivity index (χ0v) is 10.9. The van der Waals surface area contributed by atoms with E-state index in [4.69, 9.17) is 10.6 Å². The van der Waals surface area contributed by atoms with Crippen LogP contribution in [-0.4, -0.2) is 29.1 Å². The average molecular weight is 253 g/mol. The Balaban J connectivity index is 2.83. The van der Waals surface area contributed by atoms with Crippen molar-refractivity contribution >= 4 is 17.6 Å². The SMILES string of the molecule is CCOC(=O)CNc1nc(CC)nc(NN)c1C. The lowest BCUT2D eigenvalue weighted by Crippen LogP contribution is -2.20. The molecule has 1 aromatic heterocycles. The number of ether oxygens (including phenoxy) is 1. The summed E-state index contributed by atoms with van der Waals surface area (Å²) in [5.41, 5.74) is 3.28. The van der Waals surface area contributed by atoms with Crippen molar-refractivity contribution < 1.29 is 9.53 Å². The van der Waals surface area contributed by atoms with Crippen LogP contribution in [0.5, 0.6) is 0 Å². The molecule has 7 heteroatoms. The van der Waals surface area contributed by atoms with Crippen molar-refractivity contribution in [3.05, 3.63) is 11.4 Å². The highest BCUT2D eigenvalue weighted by molar-refractivity contribution is 5.75. The number of carbonyl (C=O) groups excluding carboxylic acids is 1. The van der Waals surface area contributed by atoms with Gasteiger partial charge in [0.25, 0.3) is 0 Å². The van der Waals surface area contributed by atoms with Gasteiger partial charge < -0.3 is 15.5 Å². The number of rotatable bonds is 6. The van der Waals surface area contributed by atoms with E-state index in [9.17, 15) is 4.79 Å². The van der Waals surface area contributed by atoms with Gasteiger partial charge in [-0.25, -0.2) is 15.8 Å². The van der Waals surface area contributed by atoms with Gasteiger partial charge in [0.15, 0.2) is 0 Å². The number of hydrazine groups is 1. The van der Waals surface area contributed by atoms with E-state index in [1.807, 2.05) is 13.8 Å². The van der Waals surface area contributed by atoms with Gasteiger partial charge in [-0.15, -0.1) is 0 Å². The van der Waals surface area contributed by atoms with Crippen LogP contribution in [0.3, 0.4) is 0 Å². The summed E-state index contributed by atoms with van der Waals surface area (Å²) < 4.78 is 4.83. The first-order valence-corrected chi connectivity index (χ1v) is 5.85. The van der Waals surface area contributed by atoms with Crippen molar-refractivity contribution in [1.29, 1.82) is 0 Å². The molecular weight excluding hydrogens is 234 g/mol. The molecule has 0 aliphatic heterocycles.